The van der Waals surface area contributed by atoms with Crippen molar-refractivity contribution < 1.29 is 4.39 Å². The number of hydrogen-bond donors (Lipinski definition) is 0. The first-order valence-corrected chi connectivity index (χ1v) is 3.65. The van der Waals surface area contributed by atoms with Crippen molar-refractivity contribution >= 4 is 0 Å². The molecule has 1 rings (SSSR count). The van der Waals surface area contributed by atoms with E-state index in [1.54, 1.807) is 0 Å². The van der Waals surface area contributed by atoms with Gasteiger partial charge in [-0.15, -0.1) is 0 Å². The average molecular weight is 128 g/mol. The molecule has 1 atom stereocenters. The monoisotopic (exact) mass is 128 g/mol. The predicted octanol–water partition coefficient (Wildman–Crippen LogP) is 2.84. The van der Waals surface area contributed by atoms with Crippen LogP contribution in [0.15, 0.2) is 11.6 Å². The van der Waals surface area contributed by atoms with Gasteiger partial charge in [0, 0.05) is 0 Å². The summed E-state index contributed by atoms with van der Waals surface area (Å²) in [5, 5.41) is 0. The van der Waals surface area contributed by atoms with Gasteiger partial charge in [0.25, 0.3) is 0 Å². The summed E-state index contributed by atoms with van der Waals surface area (Å²) in [6, 6.07) is 0. The van der Waals surface area contributed by atoms with Crippen molar-refractivity contribution in [2.45, 2.75) is 38.8 Å². The molecule has 0 heterocycles. The molecule has 52 valence electrons. The minimum atomic E-state index is -0.551. The van der Waals surface area contributed by atoms with E-state index in [4.69, 9.17) is 0 Å². The second-order valence-corrected chi connectivity index (χ2v) is 2.59. The van der Waals surface area contributed by atoms with E-state index in [9.17, 15) is 4.39 Å². The molecule has 0 saturated heterocycles. The number of halogens is 1. The first kappa shape index (κ1) is 6.79. The molecule has 0 radical (unpaired) electrons. The highest BCUT2D eigenvalue weighted by molar-refractivity contribution is 5.06. The van der Waals surface area contributed by atoms with E-state index >= 15 is 0 Å². The Morgan fingerprint density at radius 1 is 1.78 bits per heavy atom. The van der Waals surface area contributed by atoms with Crippen LogP contribution in [0.4, 0.5) is 4.39 Å². The lowest BCUT2D eigenvalue weighted by molar-refractivity contribution is 0.302. The van der Waals surface area contributed by atoms with Crippen LogP contribution in [0.5, 0.6) is 0 Å². The number of allylic oxidation sites excluding steroid dienone is 2. The number of alkyl halides is 1. The topological polar surface area (TPSA) is 0 Å². The Hall–Kier alpha value is -0.330. The maximum Gasteiger partial charge on any atom is 0.104 e. The molecule has 0 saturated carbocycles. The normalized spacial score (nSPS) is 27.8. The van der Waals surface area contributed by atoms with Crippen molar-refractivity contribution in [3.8, 4) is 0 Å². The molecular formula is C8H13F. The first-order valence-electron chi connectivity index (χ1n) is 3.65. The zero-order chi connectivity index (χ0) is 6.69. The molecule has 0 aromatic carbocycles. The number of hydrogen-bond acceptors (Lipinski definition) is 0. The molecule has 0 N–H and O–H groups in total. The van der Waals surface area contributed by atoms with Crippen LogP contribution in [-0.2, 0) is 0 Å². The first-order chi connectivity index (χ1) is 4.33. The van der Waals surface area contributed by atoms with Gasteiger partial charge in [0.05, 0.1) is 0 Å². The SMILES string of the molecule is CCC1=CCCC(F)C1. The van der Waals surface area contributed by atoms with Crippen molar-refractivity contribution in [1.29, 1.82) is 0 Å². The van der Waals surface area contributed by atoms with Crippen LogP contribution in [0.2, 0.25) is 0 Å². The fraction of sp³-hybridized carbons (Fsp3) is 0.750. The largest absolute Gasteiger partial charge is 0.247 e. The van der Waals surface area contributed by atoms with Crippen molar-refractivity contribution in [2.24, 2.45) is 0 Å². The third kappa shape index (κ3) is 1.81. The van der Waals surface area contributed by atoms with Crippen molar-refractivity contribution in [3.63, 3.8) is 0 Å². The van der Waals surface area contributed by atoms with Crippen molar-refractivity contribution in [2.75, 3.05) is 0 Å². The summed E-state index contributed by atoms with van der Waals surface area (Å²) in [6.45, 7) is 2.09. The lowest BCUT2D eigenvalue weighted by Gasteiger charge is -2.14. The van der Waals surface area contributed by atoms with Gasteiger partial charge in [-0.05, 0) is 25.7 Å². The van der Waals surface area contributed by atoms with Gasteiger partial charge in [0.1, 0.15) is 6.17 Å². The summed E-state index contributed by atoms with van der Waals surface area (Å²) in [5.41, 5.74) is 1.30. The van der Waals surface area contributed by atoms with Gasteiger partial charge in [0.2, 0.25) is 0 Å². The van der Waals surface area contributed by atoms with E-state index in [0.29, 0.717) is 6.42 Å². The summed E-state index contributed by atoms with van der Waals surface area (Å²) >= 11 is 0. The lowest BCUT2D eigenvalue weighted by atomic mass is 9.96. The standard InChI is InChI=1S/C8H13F/c1-2-7-4-3-5-8(9)6-7/h4,8H,2-3,5-6H2,1H3. The molecule has 1 unspecified atom stereocenters. The summed E-state index contributed by atoms with van der Waals surface area (Å²) in [5.74, 6) is 0. The number of rotatable bonds is 1. The second kappa shape index (κ2) is 3.00. The fourth-order valence-electron chi connectivity index (χ4n) is 1.23. The van der Waals surface area contributed by atoms with E-state index in [-0.39, 0.29) is 0 Å². The van der Waals surface area contributed by atoms with Gasteiger partial charge in [-0.2, -0.15) is 0 Å². The van der Waals surface area contributed by atoms with Crippen LogP contribution in [0.1, 0.15) is 32.6 Å². The minimum Gasteiger partial charge on any atom is -0.247 e. The highest BCUT2D eigenvalue weighted by Gasteiger charge is 2.11. The van der Waals surface area contributed by atoms with Crippen LogP contribution < -0.4 is 0 Å². The maximum atomic E-state index is 12.6. The Morgan fingerprint density at radius 2 is 2.56 bits per heavy atom. The van der Waals surface area contributed by atoms with Crippen LogP contribution in [0, 0.1) is 0 Å². The summed E-state index contributed by atoms with van der Waals surface area (Å²) in [4.78, 5) is 0. The van der Waals surface area contributed by atoms with Crippen LogP contribution >= 0.6 is 0 Å². The molecule has 0 aliphatic heterocycles. The molecule has 9 heavy (non-hydrogen) atoms. The van der Waals surface area contributed by atoms with E-state index < -0.39 is 6.17 Å². The van der Waals surface area contributed by atoms with Crippen LogP contribution in [0.3, 0.4) is 0 Å². The maximum absolute atomic E-state index is 12.6. The van der Waals surface area contributed by atoms with Crippen molar-refractivity contribution in [1.82, 2.24) is 0 Å². The second-order valence-electron chi connectivity index (χ2n) is 2.59. The van der Waals surface area contributed by atoms with Gasteiger partial charge in [0.15, 0.2) is 0 Å². The quantitative estimate of drug-likeness (QED) is 0.476. The van der Waals surface area contributed by atoms with Crippen LogP contribution in [-0.4, -0.2) is 6.17 Å². The molecule has 1 heteroatoms. The van der Waals surface area contributed by atoms with Gasteiger partial charge >= 0.3 is 0 Å². The summed E-state index contributed by atoms with van der Waals surface area (Å²) < 4.78 is 12.6. The smallest absolute Gasteiger partial charge is 0.104 e. The molecule has 0 fully saturated rings. The molecule has 0 aromatic rings. The molecular weight excluding hydrogens is 115 g/mol. The Labute approximate surface area is 55.8 Å². The Bertz CT molecular complexity index is 116. The predicted molar refractivity (Wildman–Crippen MR) is 37.1 cm³/mol. The van der Waals surface area contributed by atoms with Gasteiger partial charge in [-0.1, -0.05) is 18.6 Å². The molecule has 0 aromatic heterocycles. The zero-order valence-corrected chi connectivity index (χ0v) is 5.86. The third-order valence-corrected chi connectivity index (χ3v) is 1.85. The molecule has 0 bridgehead atoms. The minimum absolute atomic E-state index is 0.551. The fourth-order valence-corrected chi connectivity index (χ4v) is 1.23. The Kier molecular flexibility index (Phi) is 2.26. The van der Waals surface area contributed by atoms with Gasteiger partial charge in [-0.3, -0.25) is 0 Å². The zero-order valence-electron chi connectivity index (χ0n) is 5.86. The molecule has 1 aliphatic rings. The molecule has 0 nitrogen and oxygen atoms in total. The highest BCUT2D eigenvalue weighted by Crippen LogP contribution is 2.22. The average Bonchev–Trinajstić information content (AvgIpc) is 1.88. The summed E-state index contributed by atoms with van der Waals surface area (Å²) in [7, 11) is 0. The molecule has 0 amide bonds. The van der Waals surface area contributed by atoms with Gasteiger partial charge in [-0.25, -0.2) is 4.39 Å². The molecule has 0 spiro atoms. The van der Waals surface area contributed by atoms with Crippen LogP contribution in [0.25, 0.3) is 0 Å². The Balaban J connectivity index is 2.43. The van der Waals surface area contributed by atoms with Crippen molar-refractivity contribution in [3.05, 3.63) is 11.6 Å². The van der Waals surface area contributed by atoms with E-state index in [1.807, 2.05) is 0 Å². The summed E-state index contributed by atoms with van der Waals surface area (Å²) in [6.07, 6.45) is 5.03. The lowest BCUT2D eigenvalue weighted by Crippen LogP contribution is -2.05. The van der Waals surface area contributed by atoms with E-state index in [0.717, 1.165) is 19.3 Å². The van der Waals surface area contributed by atoms with E-state index in [1.165, 1.54) is 5.57 Å². The Morgan fingerprint density at radius 3 is 3.00 bits per heavy atom. The van der Waals surface area contributed by atoms with Gasteiger partial charge < -0.3 is 0 Å². The highest BCUT2D eigenvalue weighted by atomic mass is 19.1. The van der Waals surface area contributed by atoms with E-state index in [2.05, 4.69) is 13.0 Å². The molecule has 1 aliphatic carbocycles. The third-order valence-electron chi connectivity index (χ3n) is 1.85.